The minimum Gasteiger partial charge on any atom is -0.366 e. The second-order valence-corrected chi connectivity index (χ2v) is 7.87. The predicted octanol–water partition coefficient (Wildman–Crippen LogP) is 3.58. The fraction of sp³-hybridized carbons (Fsp3) is 0.0526. The molecule has 3 N–H and O–H groups in total. The largest absolute Gasteiger partial charge is 0.366 e. The van der Waals surface area contributed by atoms with E-state index >= 15 is 0 Å². The highest BCUT2D eigenvalue weighted by atomic mass is 32.2. The zero-order chi connectivity index (χ0) is 19.7. The summed E-state index contributed by atoms with van der Waals surface area (Å²) < 4.78 is 13.6. The number of hydrogen-bond donors (Lipinski definition) is 2. The number of benzene rings is 1. The molecule has 140 valence electrons. The molecule has 1 aromatic carbocycles. The van der Waals surface area contributed by atoms with Gasteiger partial charge in [-0.15, -0.1) is 11.3 Å². The lowest BCUT2D eigenvalue weighted by Gasteiger charge is -2.04. The van der Waals surface area contributed by atoms with E-state index < -0.39 is 5.91 Å². The zero-order valence-corrected chi connectivity index (χ0v) is 15.9. The van der Waals surface area contributed by atoms with Crippen LogP contribution in [-0.2, 0) is 5.75 Å². The standard InChI is InChI=1S/C19H13FN4O2S2/c20-11-5-3-10(4-6-11)14-8-13-16(28-14)18(26)24-15(23-13)9-27-19-12(17(21)25)2-1-7-22-19/h1-8H,9H2,(H2,21,25)(H,23,24,26). The molecule has 0 saturated heterocycles. The Morgan fingerprint density at radius 2 is 2.04 bits per heavy atom. The van der Waals surface area contributed by atoms with Crippen molar-refractivity contribution in [2.45, 2.75) is 10.8 Å². The third kappa shape index (κ3) is 3.67. The zero-order valence-electron chi connectivity index (χ0n) is 14.3. The van der Waals surface area contributed by atoms with Crippen LogP contribution in [0.3, 0.4) is 0 Å². The lowest BCUT2D eigenvalue weighted by atomic mass is 10.2. The third-order valence-corrected chi connectivity index (χ3v) is 6.13. The van der Waals surface area contributed by atoms with Gasteiger partial charge in [-0.25, -0.2) is 14.4 Å². The van der Waals surface area contributed by atoms with E-state index in [0.29, 0.717) is 32.4 Å². The number of hydrogen-bond acceptors (Lipinski definition) is 6. The van der Waals surface area contributed by atoms with Gasteiger partial charge in [0.25, 0.3) is 11.5 Å². The van der Waals surface area contributed by atoms with Gasteiger partial charge in [0, 0.05) is 11.1 Å². The van der Waals surface area contributed by atoms with Crippen LogP contribution in [-0.4, -0.2) is 20.9 Å². The Labute approximate surface area is 166 Å². The molecule has 3 heterocycles. The van der Waals surface area contributed by atoms with Crippen LogP contribution < -0.4 is 11.3 Å². The Morgan fingerprint density at radius 3 is 2.79 bits per heavy atom. The molecule has 3 aromatic heterocycles. The first-order valence-electron chi connectivity index (χ1n) is 8.17. The highest BCUT2D eigenvalue weighted by Gasteiger charge is 2.13. The van der Waals surface area contributed by atoms with Gasteiger partial charge in [-0.3, -0.25) is 9.59 Å². The number of primary amides is 1. The van der Waals surface area contributed by atoms with Gasteiger partial charge in [0.05, 0.1) is 16.8 Å². The summed E-state index contributed by atoms with van der Waals surface area (Å²) in [6, 6.07) is 11.1. The van der Waals surface area contributed by atoms with Gasteiger partial charge >= 0.3 is 0 Å². The van der Waals surface area contributed by atoms with Crippen molar-refractivity contribution in [2.24, 2.45) is 5.73 Å². The molecule has 0 aliphatic rings. The van der Waals surface area contributed by atoms with E-state index in [9.17, 15) is 14.0 Å². The van der Waals surface area contributed by atoms with Gasteiger partial charge in [-0.2, -0.15) is 0 Å². The van der Waals surface area contributed by atoms with Gasteiger partial charge in [0.2, 0.25) is 0 Å². The summed E-state index contributed by atoms with van der Waals surface area (Å²) in [5.41, 5.74) is 6.83. The molecule has 6 nitrogen and oxygen atoms in total. The first kappa shape index (κ1) is 18.3. The Kier molecular flexibility index (Phi) is 4.93. The second kappa shape index (κ2) is 7.53. The number of amides is 1. The summed E-state index contributed by atoms with van der Waals surface area (Å²) in [5, 5.41) is 0.482. The van der Waals surface area contributed by atoms with Crippen LogP contribution in [0.25, 0.3) is 20.7 Å². The molecule has 0 atom stereocenters. The monoisotopic (exact) mass is 412 g/mol. The molecule has 0 aliphatic carbocycles. The summed E-state index contributed by atoms with van der Waals surface area (Å²) in [5.74, 6) is -0.0872. The van der Waals surface area contributed by atoms with Crippen LogP contribution in [0.1, 0.15) is 16.2 Å². The Bertz CT molecular complexity index is 1230. The molecule has 0 fully saturated rings. The summed E-state index contributed by atoms with van der Waals surface area (Å²) >= 11 is 2.57. The highest BCUT2D eigenvalue weighted by molar-refractivity contribution is 7.98. The van der Waals surface area contributed by atoms with Gasteiger partial charge in [-0.1, -0.05) is 23.9 Å². The van der Waals surface area contributed by atoms with E-state index in [-0.39, 0.29) is 11.4 Å². The number of H-pyrrole nitrogens is 1. The van der Waals surface area contributed by atoms with Gasteiger partial charge in [0.1, 0.15) is 21.4 Å². The minimum absolute atomic E-state index is 0.241. The molecule has 28 heavy (non-hydrogen) atoms. The van der Waals surface area contributed by atoms with Crippen LogP contribution >= 0.6 is 23.1 Å². The molecular formula is C19H13FN4O2S2. The SMILES string of the molecule is NC(=O)c1cccnc1SCc1nc2cc(-c3ccc(F)cc3)sc2c(=O)[nH]1. The van der Waals surface area contributed by atoms with E-state index in [1.807, 2.05) is 6.07 Å². The fourth-order valence-electron chi connectivity index (χ4n) is 2.64. The molecule has 0 radical (unpaired) electrons. The number of carbonyl (C=O) groups excluding carboxylic acids is 1. The molecule has 4 aromatic rings. The number of fused-ring (bicyclic) bond motifs is 1. The number of aromatic amines is 1. The molecule has 0 unspecified atom stereocenters. The van der Waals surface area contributed by atoms with E-state index in [2.05, 4.69) is 15.0 Å². The van der Waals surface area contributed by atoms with Crippen molar-refractivity contribution in [2.75, 3.05) is 0 Å². The Hall–Kier alpha value is -3.04. The smallest absolute Gasteiger partial charge is 0.268 e. The van der Waals surface area contributed by atoms with E-state index in [0.717, 1.165) is 10.4 Å². The van der Waals surface area contributed by atoms with Crippen molar-refractivity contribution in [3.63, 3.8) is 0 Å². The Balaban J connectivity index is 1.63. The number of carbonyl (C=O) groups is 1. The summed E-state index contributed by atoms with van der Waals surface area (Å²) in [7, 11) is 0. The third-order valence-electron chi connectivity index (χ3n) is 3.94. The lowest BCUT2D eigenvalue weighted by molar-refractivity contribution is 0.0997. The van der Waals surface area contributed by atoms with Crippen LogP contribution in [0.4, 0.5) is 4.39 Å². The maximum atomic E-state index is 13.1. The highest BCUT2D eigenvalue weighted by Crippen LogP contribution is 2.31. The molecule has 1 amide bonds. The molecule has 0 spiro atoms. The van der Waals surface area contributed by atoms with Gasteiger partial charge in [-0.05, 0) is 35.9 Å². The van der Waals surface area contributed by atoms with E-state index in [1.165, 1.54) is 35.2 Å². The van der Waals surface area contributed by atoms with Crippen molar-refractivity contribution in [3.05, 3.63) is 76.2 Å². The Morgan fingerprint density at radius 1 is 1.25 bits per heavy atom. The number of pyridine rings is 1. The van der Waals surface area contributed by atoms with Crippen LogP contribution in [0.5, 0.6) is 0 Å². The molecule has 9 heteroatoms. The van der Waals surface area contributed by atoms with Crippen molar-refractivity contribution < 1.29 is 9.18 Å². The number of nitrogens with one attached hydrogen (secondary N) is 1. The first-order valence-corrected chi connectivity index (χ1v) is 9.98. The summed E-state index contributed by atoms with van der Waals surface area (Å²) in [6.45, 7) is 0. The summed E-state index contributed by atoms with van der Waals surface area (Å²) in [6.07, 6.45) is 1.57. The van der Waals surface area contributed by atoms with Crippen molar-refractivity contribution in [3.8, 4) is 10.4 Å². The van der Waals surface area contributed by atoms with Crippen LogP contribution in [0, 0.1) is 5.82 Å². The lowest BCUT2D eigenvalue weighted by Crippen LogP contribution is -2.13. The summed E-state index contributed by atoms with van der Waals surface area (Å²) in [4.78, 5) is 36.2. The number of thioether (sulfide) groups is 1. The number of nitrogens with zero attached hydrogens (tertiary/aromatic N) is 2. The number of halogens is 1. The predicted molar refractivity (Wildman–Crippen MR) is 108 cm³/mol. The fourth-order valence-corrected chi connectivity index (χ4v) is 4.51. The quantitative estimate of drug-likeness (QED) is 0.488. The molecule has 4 rings (SSSR count). The van der Waals surface area contributed by atoms with Crippen LogP contribution in [0.15, 0.2) is 58.5 Å². The van der Waals surface area contributed by atoms with Crippen LogP contribution in [0.2, 0.25) is 0 Å². The average molecular weight is 412 g/mol. The van der Waals surface area contributed by atoms with Crippen molar-refractivity contribution in [1.82, 2.24) is 15.0 Å². The van der Waals surface area contributed by atoms with Crippen molar-refractivity contribution in [1.29, 1.82) is 0 Å². The normalized spacial score (nSPS) is 11.0. The molecule has 0 saturated carbocycles. The van der Waals surface area contributed by atoms with E-state index in [4.69, 9.17) is 5.73 Å². The first-order chi connectivity index (χ1) is 13.5. The number of nitrogens with two attached hydrogens (primary N) is 1. The molecule has 0 bridgehead atoms. The van der Waals surface area contributed by atoms with E-state index in [1.54, 1.807) is 30.5 Å². The second-order valence-electron chi connectivity index (χ2n) is 5.85. The maximum Gasteiger partial charge on any atom is 0.268 e. The van der Waals surface area contributed by atoms with Gasteiger partial charge in [0.15, 0.2) is 0 Å². The number of aromatic nitrogens is 3. The minimum atomic E-state index is -0.561. The van der Waals surface area contributed by atoms with Crippen molar-refractivity contribution >= 4 is 39.2 Å². The molecular weight excluding hydrogens is 399 g/mol. The number of thiophene rings is 1. The van der Waals surface area contributed by atoms with Gasteiger partial charge < -0.3 is 10.7 Å². The molecule has 0 aliphatic heterocycles. The number of rotatable bonds is 5. The topological polar surface area (TPSA) is 102 Å². The maximum absolute atomic E-state index is 13.1. The average Bonchev–Trinajstić information content (AvgIpc) is 3.12.